The third kappa shape index (κ3) is 6.72. The number of aromatic nitrogens is 1. The average Bonchev–Trinajstić information content (AvgIpc) is 3.25. The van der Waals surface area contributed by atoms with Gasteiger partial charge in [-0.2, -0.15) is 0 Å². The number of thiazole rings is 1. The van der Waals surface area contributed by atoms with Gasteiger partial charge in [-0.05, 0) is 55.3 Å². The van der Waals surface area contributed by atoms with Crippen molar-refractivity contribution in [3.63, 3.8) is 0 Å². The van der Waals surface area contributed by atoms with E-state index in [9.17, 15) is 13.2 Å². The third-order valence-corrected chi connectivity index (χ3v) is 9.12. The molecule has 1 aromatic heterocycles. The molecular formula is C24H27Cl2N3O4S2. The van der Waals surface area contributed by atoms with Gasteiger partial charge >= 0.3 is 0 Å². The van der Waals surface area contributed by atoms with Gasteiger partial charge in [0.1, 0.15) is 0 Å². The Morgan fingerprint density at radius 1 is 1.14 bits per heavy atom. The number of ether oxygens (including phenoxy) is 1. The number of carbonyl (C=O) groups is 1. The molecule has 1 aliphatic rings. The Labute approximate surface area is 219 Å². The summed E-state index contributed by atoms with van der Waals surface area (Å²) < 4.78 is 31.9. The Bertz CT molecular complexity index is 1290. The summed E-state index contributed by atoms with van der Waals surface area (Å²) in [6.45, 7) is 6.36. The Balaban J connectivity index is 1.51. The van der Waals surface area contributed by atoms with E-state index < -0.39 is 9.84 Å². The number of hydrogen-bond acceptors (Lipinski definition) is 7. The second-order valence-corrected chi connectivity index (χ2v) is 12.4. The Kier molecular flexibility index (Phi) is 8.67. The maximum atomic E-state index is 13.3. The summed E-state index contributed by atoms with van der Waals surface area (Å²) in [5, 5.41) is 1.63. The molecule has 0 N–H and O–H groups in total. The molecule has 35 heavy (non-hydrogen) atoms. The van der Waals surface area contributed by atoms with E-state index in [0.29, 0.717) is 34.9 Å². The number of anilines is 1. The monoisotopic (exact) mass is 555 g/mol. The number of aryl methyl sites for hydroxylation is 1. The van der Waals surface area contributed by atoms with Crippen LogP contribution in [0.5, 0.6) is 0 Å². The lowest BCUT2D eigenvalue weighted by molar-refractivity contribution is -0.118. The standard InChI is InChI=1S/C24H27Cl2N3O4S2/c1-17-15-19(26)16-21-23(17)27-24(34-21)29(9-2-8-28-10-12-33-13-11-28)22(30)7-14-35(31,32)20-5-3-18(25)4-6-20/h3-6,15-16H,2,7-14H2,1H3. The van der Waals surface area contributed by atoms with Gasteiger partial charge in [0.25, 0.3) is 0 Å². The zero-order valence-electron chi connectivity index (χ0n) is 19.4. The highest BCUT2D eigenvalue weighted by Crippen LogP contribution is 2.33. The van der Waals surface area contributed by atoms with E-state index in [-0.39, 0.29) is 23.0 Å². The van der Waals surface area contributed by atoms with Crippen molar-refractivity contribution in [1.82, 2.24) is 9.88 Å². The molecule has 188 valence electrons. The van der Waals surface area contributed by atoms with Gasteiger partial charge in [-0.15, -0.1) is 0 Å². The molecule has 0 spiro atoms. The maximum absolute atomic E-state index is 13.3. The highest BCUT2D eigenvalue weighted by molar-refractivity contribution is 7.91. The summed E-state index contributed by atoms with van der Waals surface area (Å²) in [7, 11) is -3.63. The fourth-order valence-electron chi connectivity index (χ4n) is 3.98. The van der Waals surface area contributed by atoms with Gasteiger partial charge in [0, 0.05) is 42.6 Å². The van der Waals surface area contributed by atoms with Crippen molar-refractivity contribution in [3.05, 3.63) is 52.0 Å². The third-order valence-electron chi connectivity index (χ3n) is 5.89. The first kappa shape index (κ1) is 26.3. The first-order valence-corrected chi connectivity index (χ1v) is 14.6. The van der Waals surface area contributed by atoms with Gasteiger partial charge in [0.05, 0.1) is 34.1 Å². The maximum Gasteiger partial charge on any atom is 0.229 e. The molecule has 1 fully saturated rings. The van der Waals surface area contributed by atoms with Crippen LogP contribution < -0.4 is 4.90 Å². The van der Waals surface area contributed by atoms with Crippen LogP contribution in [0.4, 0.5) is 5.13 Å². The van der Waals surface area contributed by atoms with Crippen molar-refractivity contribution >= 4 is 65.6 Å². The predicted octanol–water partition coefficient (Wildman–Crippen LogP) is 4.83. The smallest absolute Gasteiger partial charge is 0.229 e. The van der Waals surface area contributed by atoms with Gasteiger partial charge in [0.2, 0.25) is 5.91 Å². The van der Waals surface area contributed by atoms with E-state index in [1.54, 1.807) is 4.90 Å². The second-order valence-electron chi connectivity index (χ2n) is 8.44. The van der Waals surface area contributed by atoms with E-state index in [2.05, 4.69) is 4.90 Å². The van der Waals surface area contributed by atoms with Crippen LogP contribution in [0.3, 0.4) is 0 Å². The first-order valence-electron chi connectivity index (χ1n) is 11.4. The summed E-state index contributed by atoms with van der Waals surface area (Å²) in [6.07, 6.45) is 0.601. The number of rotatable bonds is 9. The van der Waals surface area contributed by atoms with Crippen molar-refractivity contribution in [3.8, 4) is 0 Å². The number of fused-ring (bicyclic) bond motifs is 1. The lowest BCUT2D eigenvalue weighted by Gasteiger charge is -2.27. The molecule has 1 aliphatic heterocycles. The van der Waals surface area contributed by atoms with Gasteiger partial charge in [-0.1, -0.05) is 34.5 Å². The normalized spacial score (nSPS) is 14.9. The highest BCUT2D eigenvalue weighted by atomic mass is 35.5. The Hall–Kier alpha value is -1.75. The van der Waals surface area contributed by atoms with E-state index in [0.717, 1.165) is 41.8 Å². The van der Waals surface area contributed by atoms with Crippen molar-refractivity contribution in [2.45, 2.75) is 24.7 Å². The number of hydrogen-bond donors (Lipinski definition) is 0. The lowest BCUT2D eigenvalue weighted by Crippen LogP contribution is -2.39. The number of amides is 1. The largest absolute Gasteiger partial charge is 0.379 e. The molecule has 3 aromatic rings. The number of halogens is 2. The van der Waals surface area contributed by atoms with Crippen molar-refractivity contribution in [2.75, 3.05) is 50.0 Å². The summed E-state index contributed by atoms with van der Waals surface area (Å²) >= 11 is 13.5. The van der Waals surface area contributed by atoms with Crippen molar-refractivity contribution < 1.29 is 17.9 Å². The molecular weight excluding hydrogens is 529 g/mol. The van der Waals surface area contributed by atoms with Gasteiger partial charge in [-0.25, -0.2) is 13.4 Å². The van der Waals surface area contributed by atoms with Gasteiger partial charge < -0.3 is 4.74 Å². The molecule has 0 radical (unpaired) electrons. The molecule has 0 atom stereocenters. The van der Waals surface area contributed by atoms with Crippen LogP contribution in [0.15, 0.2) is 41.3 Å². The van der Waals surface area contributed by atoms with Crippen LogP contribution in [0.2, 0.25) is 10.0 Å². The van der Waals surface area contributed by atoms with Crippen LogP contribution in [-0.4, -0.2) is 69.4 Å². The van der Waals surface area contributed by atoms with Gasteiger partial charge in [0.15, 0.2) is 15.0 Å². The zero-order chi connectivity index (χ0) is 25.0. The Morgan fingerprint density at radius 2 is 1.86 bits per heavy atom. The van der Waals surface area contributed by atoms with Gasteiger partial charge in [-0.3, -0.25) is 14.6 Å². The van der Waals surface area contributed by atoms with Crippen LogP contribution >= 0.6 is 34.5 Å². The summed E-state index contributed by atoms with van der Waals surface area (Å²) in [5.41, 5.74) is 1.73. The second kappa shape index (κ2) is 11.5. The molecule has 1 amide bonds. The molecule has 2 heterocycles. The van der Waals surface area contributed by atoms with E-state index in [1.807, 2.05) is 19.1 Å². The molecule has 4 rings (SSSR count). The molecule has 7 nitrogen and oxygen atoms in total. The van der Waals surface area contributed by atoms with Crippen LogP contribution in [0, 0.1) is 6.92 Å². The number of sulfone groups is 1. The van der Waals surface area contributed by atoms with Crippen molar-refractivity contribution in [2.24, 2.45) is 0 Å². The number of morpholine rings is 1. The lowest BCUT2D eigenvalue weighted by atomic mass is 10.2. The highest BCUT2D eigenvalue weighted by Gasteiger charge is 2.24. The molecule has 1 saturated heterocycles. The SMILES string of the molecule is Cc1cc(Cl)cc2sc(N(CCCN3CCOCC3)C(=O)CCS(=O)(=O)c3ccc(Cl)cc3)nc12. The average molecular weight is 557 g/mol. The van der Waals surface area contributed by atoms with Crippen molar-refractivity contribution in [1.29, 1.82) is 0 Å². The molecule has 0 bridgehead atoms. The molecule has 0 aliphatic carbocycles. The minimum absolute atomic E-state index is 0.141. The number of benzene rings is 2. The summed E-state index contributed by atoms with van der Waals surface area (Å²) in [4.78, 5) is 22.1. The zero-order valence-corrected chi connectivity index (χ0v) is 22.5. The quantitative estimate of drug-likeness (QED) is 0.376. The van der Waals surface area contributed by atoms with E-state index in [1.165, 1.54) is 35.6 Å². The minimum Gasteiger partial charge on any atom is -0.379 e. The molecule has 0 saturated carbocycles. The van der Waals surface area contributed by atoms with Crippen LogP contribution in [0.1, 0.15) is 18.4 Å². The summed E-state index contributed by atoms with van der Waals surface area (Å²) in [6, 6.07) is 9.67. The predicted molar refractivity (Wildman–Crippen MR) is 142 cm³/mol. The summed E-state index contributed by atoms with van der Waals surface area (Å²) in [5.74, 6) is -0.560. The molecule has 0 unspecified atom stereocenters. The Morgan fingerprint density at radius 3 is 2.57 bits per heavy atom. The fourth-order valence-corrected chi connectivity index (χ4v) is 6.80. The topological polar surface area (TPSA) is 79.8 Å². The molecule has 11 heteroatoms. The van der Waals surface area contributed by atoms with E-state index >= 15 is 0 Å². The fraction of sp³-hybridized carbons (Fsp3) is 0.417. The van der Waals surface area contributed by atoms with Crippen LogP contribution in [0.25, 0.3) is 10.2 Å². The minimum atomic E-state index is -3.63. The first-order chi connectivity index (χ1) is 16.7. The van der Waals surface area contributed by atoms with Crippen LogP contribution in [-0.2, 0) is 19.4 Å². The van der Waals surface area contributed by atoms with E-state index in [4.69, 9.17) is 32.9 Å². The molecule has 2 aromatic carbocycles. The number of carbonyl (C=O) groups excluding carboxylic acids is 1. The number of nitrogens with zero attached hydrogens (tertiary/aromatic N) is 3.